The first-order valence-electron chi connectivity index (χ1n) is 9.05. The van der Waals surface area contributed by atoms with Crippen LogP contribution in [0.15, 0.2) is 30.3 Å². The molecular formula is C19H30N2O2. The van der Waals surface area contributed by atoms with Gasteiger partial charge in [-0.2, -0.15) is 0 Å². The zero-order chi connectivity index (χ0) is 16.1. The summed E-state index contributed by atoms with van der Waals surface area (Å²) in [6.07, 6.45) is 3.93. The monoisotopic (exact) mass is 318 g/mol. The zero-order valence-electron chi connectivity index (χ0n) is 14.2. The Kier molecular flexibility index (Phi) is 6.06. The van der Waals surface area contributed by atoms with Crippen LogP contribution in [0.4, 0.5) is 0 Å². The van der Waals surface area contributed by atoms with E-state index in [1.54, 1.807) is 0 Å². The Morgan fingerprint density at radius 3 is 2.39 bits per heavy atom. The average Bonchev–Trinajstić information content (AvgIpc) is 2.59. The number of aliphatic hydroxyl groups excluding tert-OH is 1. The lowest BCUT2D eigenvalue weighted by atomic mass is 9.91. The second-order valence-electron chi connectivity index (χ2n) is 6.96. The van der Waals surface area contributed by atoms with Crippen LogP contribution in [0.2, 0.25) is 0 Å². The predicted molar refractivity (Wildman–Crippen MR) is 92.4 cm³/mol. The Hall–Kier alpha value is -0.940. The first-order chi connectivity index (χ1) is 11.2. The van der Waals surface area contributed by atoms with E-state index in [1.165, 1.54) is 5.56 Å². The van der Waals surface area contributed by atoms with E-state index in [1.807, 2.05) is 0 Å². The van der Waals surface area contributed by atoms with Crippen molar-refractivity contribution in [3.63, 3.8) is 0 Å². The number of rotatable bonds is 5. The van der Waals surface area contributed by atoms with Gasteiger partial charge in [0.15, 0.2) is 0 Å². The Labute approximate surface area is 139 Å². The molecule has 1 aromatic rings. The van der Waals surface area contributed by atoms with E-state index in [0.717, 1.165) is 52.0 Å². The van der Waals surface area contributed by atoms with Gasteiger partial charge in [-0.1, -0.05) is 30.3 Å². The number of morpholine rings is 1. The molecule has 23 heavy (non-hydrogen) atoms. The number of nitrogens with zero attached hydrogens (tertiary/aromatic N) is 1. The third kappa shape index (κ3) is 4.54. The van der Waals surface area contributed by atoms with Gasteiger partial charge in [0.2, 0.25) is 0 Å². The quantitative estimate of drug-likeness (QED) is 0.875. The fourth-order valence-electron chi connectivity index (χ4n) is 4.03. The molecule has 3 rings (SSSR count). The first-order valence-corrected chi connectivity index (χ1v) is 9.05. The van der Waals surface area contributed by atoms with Gasteiger partial charge in [-0.25, -0.2) is 0 Å². The van der Waals surface area contributed by atoms with E-state index in [2.05, 4.69) is 47.5 Å². The highest BCUT2D eigenvalue weighted by Crippen LogP contribution is 2.27. The van der Waals surface area contributed by atoms with Gasteiger partial charge >= 0.3 is 0 Å². The molecule has 1 aromatic carbocycles. The molecule has 2 atom stereocenters. The molecule has 4 nitrogen and oxygen atoms in total. The maximum Gasteiger partial charge on any atom is 0.0594 e. The summed E-state index contributed by atoms with van der Waals surface area (Å²) in [6.45, 7) is 5.94. The molecular weight excluding hydrogens is 288 g/mol. The molecule has 2 aliphatic rings. The molecule has 0 radical (unpaired) electrons. The van der Waals surface area contributed by atoms with E-state index < -0.39 is 0 Å². The molecule has 0 amide bonds. The highest BCUT2D eigenvalue weighted by atomic mass is 16.5. The van der Waals surface area contributed by atoms with Gasteiger partial charge < -0.3 is 15.2 Å². The van der Waals surface area contributed by atoms with Crippen molar-refractivity contribution >= 4 is 0 Å². The lowest BCUT2D eigenvalue weighted by Gasteiger charge is -2.40. The van der Waals surface area contributed by atoms with Gasteiger partial charge in [0.1, 0.15) is 0 Å². The molecule has 1 saturated heterocycles. The van der Waals surface area contributed by atoms with Crippen LogP contribution in [0.25, 0.3) is 0 Å². The van der Waals surface area contributed by atoms with Crippen LogP contribution in [-0.2, 0) is 4.74 Å². The van der Waals surface area contributed by atoms with Crippen molar-refractivity contribution in [1.82, 2.24) is 10.2 Å². The van der Waals surface area contributed by atoms with Crippen molar-refractivity contribution in [2.24, 2.45) is 0 Å². The van der Waals surface area contributed by atoms with E-state index in [-0.39, 0.29) is 6.10 Å². The molecule has 1 saturated carbocycles. The summed E-state index contributed by atoms with van der Waals surface area (Å²) in [4.78, 5) is 2.55. The third-order valence-corrected chi connectivity index (χ3v) is 5.25. The predicted octanol–water partition coefficient (Wildman–Crippen LogP) is 2.34. The third-order valence-electron chi connectivity index (χ3n) is 5.25. The number of hydrogen-bond donors (Lipinski definition) is 2. The molecule has 0 spiro atoms. The first kappa shape index (κ1) is 16.9. The Bertz CT molecular complexity index is 454. The standard InChI is InChI=1S/C19H30N2O2/c1-15(20-17-7-9-18(22)10-8-17)19(16-5-3-2-4-6-16)21-11-13-23-14-12-21/h2-6,15,17-20,22H,7-14H2,1H3/t15-,17?,18?,19+/m1/s1. The van der Waals surface area contributed by atoms with E-state index in [4.69, 9.17) is 4.74 Å². The van der Waals surface area contributed by atoms with Gasteiger partial charge in [0, 0.05) is 25.2 Å². The normalized spacial score (nSPS) is 29.1. The summed E-state index contributed by atoms with van der Waals surface area (Å²) < 4.78 is 5.54. The SMILES string of the molecule is C[C@@H](NC1CCC(O)CC1)[C@@H](c1ccccc1)N1CCOCC1. The summed E-state index contributed by atoms with van der Waals surface area (Å²) in [5, 5.41) is 13.5. The number of ether oxygens (including phenoxy) is 1. The van der Waals surface area contributed by atoms with Crippen LogP contribution in [0, 0.1) is 0 Å². The average molecular weight is 318 g/mol. The van der Waals surface area contributed by atoms with Crippen molar-refractivity contribution in [3.8, 4) is 0 Å². The zero-order valence-corrected chi connectivity index (χ0v) is 14.2. The van der Waals surface area contributed by atoms with Crippen molar-refractivity contribution in [2.75, 3.05) is 26.3 Å². The van der Waals surface area contributed by atoms with Crippen LogP contribution in [-0.4, -0.2) is 54.5 Å². The Balaban J connectivity index is 1.69. The number of aliphatic hydroxyl groups is 1. The van der Waals surface area contributed by atoms with Gasteiger partial charge in [-0.3, -0.25) is 4.90 Å². The van der Waals surface area contributed by atoms with Gasteiger partial charge in [0.05, 0.1) is 25.4 Å². The smallest absolute Gasteiger partial charge is 0.0594 e. The summed E-state index contributed by atoms with van der Waals surface area (Å²) >= 11 is 0. The summed E-state index contributed by atoms with van der Waals surface area (Å²) in [6, 6.07) is 12.1. The van der Waals surface area contributed by atoms with Gasteiger partial charge in [0.25, 0.3) is 0 Å². The Morgan fingerprint density at radius 1 is 1.09 bits per heavy atom. The molecule has 4 heteroatoms. The van der Waals surface area contributed by atoms with E-state index >= 15 is 0 Å². The topological polar surface area (TPSA) is 44.7 Å². The Morgan fingerprint density at radius 2 is 1.74 bits per heavy atom. The summed E-state index contributed by atoms with van der Waals surface area (Å²) in [5.41, 5.74) is 1.38. The molecule has 0 aromatic heterocycles. The van der Waals surface area contributed by atoms with Gasteiger partial charge in [-0.05, 0) is 38.2 Å². The summed E-state index contributed by atoms with van der Waals surface area (Å²) in [5.74, 6) is 0. The lowest BCUT2D eigenvalue weighted by Crippen LogP contribution is -2.50. The second-order valence-corrected chi connectivity index (χ2v) is 6.96. The number of benzene rings is 1. The van der Waals surface area contributed by atoms with Crippen molar-refractivity contribution in [3.05, 3.63) is 35.9 Å². The minimum Gasteiger partial charge on any atom is -0.393 e. The lowest BCUT2D eigenvalue weighted by molar-refractivity contribution is 0.00656. The van der Waals surface area contributed by atoms with Crippen molar-refractivity contribution in [1.29, 1.82) is 0 Å². The molecule has 2 fully saturated rings. The van der Waals surface area contributed by atoms with E-state index in [0.29, 0.717) is 18.1 Å². The van der Waals surface area contributed by atoms with Crippen molar-refractivity contribution in [2.45, 2.75) is 56.8 Å². The molecule has 1 aliphatic heterocycles. The highest BCUT2D eigenvalue weighted by Gasteiger charge is 2.30. The molecule has 0 unspecified atom stereocenters. The van der Waals surface area contributed by atoms with Crippen molar-refractivity contribution < 1.29 is 9.84 Å². The number of nitrogens with one attached hydrogen (secondary N) is 1. The molecule has 1 heterocycles. The maximum atomic E-state index is 9.70. The minimum absolute atomic E-state index is 0.0903. The minimum atomic E-state index is -0.0903. The van der Waals surface area contributed by atoms with Crippen LogP contribution in [0.3, 0.4) is 0 Å². The molecule has 0 bridgehead atoms. The van der Waals surface area contributed by atoms with Crippen LogP contribution in [0.1, 0.15) is 44.2 Å². The molecule has 1 aliphatic carbocycles. The molecule has 2 N–H and O–H groups in total. The van der Waals surface area contributed by atoms with Crippen LogP contribution >= 0.6 is 0 Å². The summed E-state index contributed by atoms with van der Waals surface area (Å²) in [7, 11) is 0. The largest absolute Gasteiger partial charge is 0.393 e. The fourth-order valence-corrected chi connectivity index (χ4v) is 4.03. The number of hydrogen-bond acceptors (Lipinski definition) is 4. The molecule has 128 valence electrons. The fraction of sp³-hybridized carbons (Fsp3) is 0.684. The highest BCUT2D eigenvalue weighted by molar-refractivity contribution is 5.21. The second kappa shape index (κ2) is 8.25. The van der Waals surface area contributed by atoms with Gasteiger partial charge in [-0.15, -0.1) is 0 Å². The van der Waals surface area contributed by atoms with Crippen LogP contribution < -0.4 is 5.32 Å². The maximum absolute atomic E-state index is 9.70. The van der Waals surface area contributed by atoms with E-state index in [9.17, 15) is 5.11 Å². The van der Waals surface area contributed by atoms with Crippen LogP contribution in [0.5, 0.6) is 0 Å².